The van der Waals surface area contributed by atoms with Crippen molar-refractivity contribution >= 4 is 5.78 Å². The van der Waals surface area contributed by atoms with Gasteiger partial charge in [-0.3, -0.25) is 4.79 Å². The Hall–Kier alpha value is -2.44. The molecule has 4 nitrogen and oxygen atoms in total. The summed E-state index contributed by atoms with van der Waals surface area (Å²) < 4.78 is 39.3. The van der Waals surface area contributed by atoms with Gasteiger partial charge < -0.3 is 5.11 Å². The fourth-order valence-electron chi connectivity index (χ4n) is 2.14. The molecular weight excluding hydrogens is 297 g/mol. The lowest BCUT2D eigenvalue weighted by Crippen LogP contribution is -2.14. The third-order valence-corrected chi connectivity index (χ3v) is 3.44. The summed E-state index contributed by atoms with van der Waals surface area (Å²) in [5, 5.41) is 16.9. The summed E-state index contributed by atoms with van der Waals surface area (Å²) in [4.78, 5) is 12.4. The van der Waals surface area contributed by atoms with Crippen LogP contribution in [0.1, 0.15) is 46.4 Å². The molecule has 0 bridgehead atoms. The molecule has 0 saturated carbocycles. The number of ketones is 1. The van der Waals surface area contributed by atoms with Crippen molar-refractivity contribution in [3.63, 3.8) is 0 Å². The van der Waals surface area contributed by atoms with Gasteiger partial charge in [0.2, 0.25) is 0 Å². The summed E-state index contributed by atoms with van der Waals surface area (Å²) in [6.45, 7) is 3.02. The predicted octanol–water partition coefficient (Wildman–Crippen LogP) is 3.55. The average Bonchev–Trinajstić information content (AvgIpc) is 2.48. The molecule has 0 aliphatic heterocycles. The molecule has 22 heavy (non-hydrogen) atoms. The number of Topliss-reactive ketones (excluding diaryl/α,β-unsaturated/α-hetero) is 1. The molecule has 7 heteroatoms. The molecule has 0 aliphatic carbocycles. The first-order valence-corrected chi connectivity index (χ1v) is 6.46. The van der Waals surface area contributed by atoms with Crippen molar-refractivity contribution in [2.24, 2.45) is 0 Å². The monoisotopic (exact) mass is 310 g/mol. The van der Waals surface area contributed by atoms with Crippen molar-refractivity contribution in [1.29, 1.82) is 0 Å². The van der Waals surface area contributed by atoms with E-state index >= 15 is 0 Å². The number of rotatable bonds is 4. The Morgan fingerprint density at radius 1 is 1.23 bits per heavy atom. The van der Waals surface area contributed by atoms with Crippen LogP contribution in [0.4, 0.5) is 13.2 Å². The molecule has 2 rings (SSSR count). The van der Waals surface area contributed by atoms with Gasteiger partial charge in [0, 0.05) is 17.0 Å². The summed E-state index contributed by atoms with van der Waals surface area (Å²) in [5.74, 6) is -3.73. The van der Waals surface area contributed by atoms with Crippen LogP contribution in [0.2, 0.25) is 0 Å². The Morgan fingerprint density at radius 2 is 1.86 bits per heavy atom. The molecule has 1 aromatic carbocycles. The van der Waals surface area contributed by atoms with Crippen LogP contribution >= 0.6 is 0 Å². The molecule has 0 radical (unpaired) electrons. The number of carbonyl (C=O) groups excluding carboxylic acids is 1. The van der Waals surface area contributed by atoms with E-state index in [1.54, 1.807) is 6.92 Å². The van der Waals surface area contributed by atoms with Gasteiger partial charge in [-0.15, -0.1) is 0 Å². The lowest BCUT2D eigenvalue weighted by Gasteiger charge is -2.15. The maximum atomic E-state index is 14.1. The Labute approximate surface area is 124 Å². The summed E-state index contributed by atoms with van der Waals surface area (Å²) in [5.41, 5.74) is -0.307. The van der Waals surface area contributed by atoms with Crippen LogP contribution in [0.5, 0.6) is 5.75 Å². The number of phenolic OH excluding ortho intramolecular Hbond substituents is 1. The average molecular weight is 310 g/mol. The molecule has 1 unspecified atom stereocenters. The molecule has 0 saturated heterocycles. The summed E-state index contributed by atoms with van der Waals surface area (Å²) in [6.07, 6.45) is -1.66. The fraction of sp³-hybridized carbons (Fsp3) is 0.267. The highest BCUT2D eigenvalue weighted by atomic mass is 19.3. The smallest absolute Gasteiger partial charge is 0.267 e. The van der Waals surface area contributed by atoms with Crippen LogP contribution in [0.3, 0.4) is 0 Å². The zero-order valence-electron chi connectivity index (χ0n) is 11.8. The molecule has 1 atom stereocenters. The normalized spacial score (nSPS) is 12.5. The van der Waals surface area contributed by atoms with Crippen LogP contribution in [0, 0.1) is 12.7 Å². The molecular formula is C15H13F3N2O2. The van der Waals surface area contributed by atoms with Crippen LogP contribution in [0.25, 0.3) is 0 Å². The van der Waals surface area contributed by atoms with E-state index in [1.165, 1.54) is 19.2 Å². The van der Waals surface area contributed by atoms with Crippen LogP contribution in [-0.4, -0.2) is 21.1 Å². The van der Waals surface area contributed by atoms with E-state index in [4.69, 9.17) is 0 Å². The minimum atomic E-state index is -3.00. The van der Waals surface area contributed by atoms with Crippen LogP contribution < -0.4 is 0 Å². The first-order valence-electron chi connectivity index (χ1n) is 6.46. The van der Waals surface area contributed by atoms with E-state index < -0.39 is 35.3 Å². The highest BCUT2D eigenvalue weighted by Crippen LogP contribution is 2.35. The maximum Gasteiger partial charge on any atom is 0.267 e. The highest BCUT2D eigenvalue weighted by molar-refractivity contribution is 6.01. The van der Waals surface area contributed by atoms with E-state index in [-0.39, 0.29) is 11.1 Å². The van der Waals surface area contributed by atoms with Crippen LogP contribution in [-0.2, 0) is 0 Å². The quantitative estimate of drug-likeness (QED) is 0.877. The van der Waals surface area contributed by atoms with Crippen molar-refractivity contribution in [2.75, 3.05) is 0 Å². The molecule has 0 aliphatic rings. The third kappa shape index (κ3) is 2.79. The number of aromatic hydroxyl groups is 1. The minimum Gasteiger partial charge on any atom is -0.504 e. The Morgan fingerprint density at radius 3 is 2.45 bits per heavy atom. The molecule has 0 spiro atoms. The number of hydrogen-bond donors (Lipinski definition) is 1. The van der Waals surface area contributed by atoms with Crippen molar-refractivity contribution in [1.82, 2.24) is 10.2 Å². The van der Waals surface area contributed by atoms with E-state index in [9.17, 15) is 23.1 Å². The lowest BCUT2D eigenvalue weighted by atomic mass is 9.90. The van der Waals surface area contributed by atoms with Gasteiger partial charge in [0.15, 0.2) is 17.3 Å². The third-order valence-electron chi connectivity index (χ3n) is 3.44. The molecule has 116 valence electrons. The van der Waals surface area contributed by atoms with Gasteiger partial charge in [0.05, 0.1) is 17.5 Å². The van der Waals surface area contributed by atoms with E-state index in [2.05, 4.69) is 10.2 Å². The second-order valence-corrected chi connectivity index (χ2v) is 4.82. The van der Waals surface area contributed by atoms with Gasteiger partial charge in [-0.1, -0.05) is 13.0 Å². The zero-order chi connectivity index (χ0) is 16.4. The fourth-order valence-corrected chi connectivity index (χ4v) is 2.14. The Bertz CT molecular complexity index is 720. The van der Waals surface area contributed by atoms with E-state index in [0.29, 0.717) is 5.69 Å². The first kappa shape index (κ1) is 15.9. The van der Waals surface area contributed by atoms with Gasteiger partial charge in [-0.25, -0.2) is 13.2 Å². The highest BCUT2D eigenvalue weighted by Gasteiger charge is 2.26. The van der Waals surface area contributed by atoms with Gasteiger partial charge >= 0.3 is 0 Å². The first-order chi connectivity index (χ1) is 10.3. The number of alkyl halides is 2. The predicted molar refractivity (Wildman–Crippen MR) is 72.5 cm³/mol. The number of aromatic nitrogens is 2. The van der Waals surface area contributed by atoms with Crippen LogP contribution in [0.15, 0.2) is 24.4 Å². The zero-order valence-corrected chi connectivity index (χ0v) is 11.8. The lowest BCUT2D eigenvalue weighted by molar-refractivity contribution is 0.0963. The molecule has 1 aromatic heterocycles. The number of benzene rings is 1. The second-order valence-electron chi connectivity index (χ2n) is 4.82. The number of aryl methyl sites for hydroxylation is 1. The SMILES string of the molecule is Cc1nnccc1C(=O)C(C)c1ccc(C(F)F)c(O)c1F. The topological polar surface area (TPSA) is 63.1 Å². The van der Waals surface area contributed by atoms with E-state index in [1.807, 2.05) is 0 Å². The second kappa shape index (κ2) is 6.13. The molecule has 2 aromatic rings. The van der Waals surface area contributed by atoms with Crippen molar-refractivity contribution < 1.29 is 23.1 Å². The van der Waals surface area contributed by atoms with Crippen molar-refractivity contribution in [2.45, 2.75) is 26.2 Å². The summed E-state index contributed by atoms with van der Waals surface area (Å²) >= 11 is 0. The van der Waals surface area contributed by atoms with Crippen molar-refractivity contribution in [3.05, 3.63) is 52.6 Å². The Balaban J connectivity index is 2.42. The number of nitrogens with zero attached hydrogens (tertiary/aromatic N) is 2. The summed E-state index contributed by atoms with van der Waals surface area (Å²) in [6, 6.07) is 3.45. The number of hydrogen-bond acceptors (Lipinski definition) is 4. The number of phenols is 1. The van der Waals surface area contributed by atoms with Gasteiger partial charge in [-0.2, -0.15) is 10.2 Å². The Kier molecular flexibility index (Phi) is 4.44. The largest absolute Gasteiger partial charge is 0.504 e. The van der Waals surface area contributed by atoms with Gasteiger partial charge in [-0.05, 0) is 19.1 Å². The molecule has 1 N–H and O–H groups in total. The van der Waals surface area contributed by atoms with Crippen molar-refractivity contribution in [3.8, 4) is 5.75 Å². The van der Waals surface area contributed by atoms with Gasteiger partial charge in [0.25, 0.3) is 6.43 Å². The molecule has 0 amide bonds. The van der Waals surface area contributed by atoms with Gasteiger partial charge in [0.1, 0.15) is 0 Å². The molecule has 0 fully saturated rings. The summed E-state index contributed by atoms with van der Waals surface area (Å²) in [7, 11) is 0. The number of halogens is 3. The molecule has 1 heterocycles. The minimum absolute atomic E-state index is 0.150. The van der Waals surface area contributed by atoms with E-state index in [0.717, 1.165) is 12.1 Å². The standard InChI is InChI=1S/C15H13F3N2O2/c1-7(13(21)10-5-6-19-20-8(10)2)9-3-4-11(15(17)18)14(22)12(9)16/h3-7,15,22H,1-2H3. The maximum absolute atomic E-state index is 14.1. The number of carbonyl (C=O) groups is 1.